The van der Waals surface area contributed by atoms with Crippen molar-refractivity contribution < 1.29 is 9.90 Å². The highest BCUT2D eigenvalue weighted by Gasteiger charge is 2.30. The molecule has 1 aromatic rings. The number of aromatic nitrogens is 1. The number of hydrogen-bond donors (Lipinski definition) is 2. The van der Waals surface area contributed by atoms with Crippen molar-refractivity contribution in [2.24, 2.45) is 5.92 Å². The van der Waals surface area contributed by atoms with E-state index >= 15 is 0 Å². The van der Waals surface area contributed by atoms with Crippen LogP contribution >= 0.6 is 0 Å². The summed E-state index contributed by atoms with van der Waals surface area (Å²) in [5, 5.41) is 12.9. The fourth-order valence-corrected chi connectivity index (χ4v) is 3.48. The SMILES string of the molecule is CC(O)C1CCCN(C(=O)NC2CCN(c3ccccn3)C2)C1. The van der Waals surface area contributed by atoms with Crippen molar-refractivity contribution in [2.45, 2.75) is 38.3 Å². The van der Waals surface area contributed by atoms with Crippen molar-refractivity contribution in [3.05, 3.63) is 24.4 Å². The summed E-state index contributed by atoms with van der Waals surface area (Å²) in [6.45, 7) is 4.97. The fraction of sp³-hybridized carbons (Fsp3) is 0.647. The quantitative estimate of drug-likeness (QED) is 0.885. The number of aliphatic hydroxyl groups is 1. The summed E-state index contributed by atoms with van der Waals surface area (Å²) in [5.41, 5.74) is 0. The average Bonchev–Trinajstić information content (AvgIpc) is 3.04. The van der Waals surface area contributed by atoms with E-state index in [1.54, 1.807) is 6.20 Å². The monoisotopic (exact) mass is 318 g/mol. The van der Waals surface area contributed by atoms with Crippen LogP contribution in [0.15, 0.2) is 24.4 Å². The van der Waals surface area contributed by atoms with Gasteiger partial charge in [-0.1, -0.05) is 6.07 Å². The molecule has 2 saturated heterocycles. The van der Waals surface area contributed by atoms with Gasteiger partial charge in [0.1, 0.15) is 5.82 Å². The van der Waals surface area contributed by atoms with Crippen molar-refractivity contribution in [1.29, 1.82) is 0 Å². The number of nitrogens with one attached hydrogen (secondary N) is 1. The van der Waals surface area contributed by atoms with Crippen molar-refractivity contribution in [3.8, 4) is 0 Å². The third kappa shape index (κ3) is 3.93. The minimum Gasteiger partial charge on any atom is -0.393 e. The Morgan fingerprint density at radius 1 is 1.35 bits per heavy atom. The lowest BCUT2D eigenvalue weighted by molar-refractivity contribution is 0.0734. The fourth-order valence-electron chi connectivity index (χ4n) is 3.48. The molecule has 2 aliphatic heterocycles. The van der Waals surface area contributed by atoms with Crippen LogP contribution in [0.1, 0.15) is 26.2 Å². The maximum atomic E-state index is 12.5. The predicted molar refractivity (Wildman–Crippen MR) is 89.4 cm³/mol. The van der Waals surface area contributed by atoms with E-state index < -0.39 is 0 Å². The van der Waals surface area contributed by atoms with Gasteiger partial charge in [0.15, 0.2) is 0 Å². The van der Waals surface area contributed by atoms with E-state index in [0.717, 1.165) is 44.7 Å². The van der Waals surface area contributed by atoms with Gasteiger partial charge in [-0.3, -0.25) is 0 Å². The van der Waals surface area contributed by atoms with Gasteiger partial charge in [-0.25, -0.2) is 9.78 Å². The second-order valence-electron chi connectivity index (χ2n) is 6.66. The van der Waals surface area contributed by atoms with Crippen molar-refractivity contribution in [3.63, 3.8) is 0 Å². The van der Waals surface area contributed by atoms with Gasteiger partial charge in [0, 0.05) is 44.3 Å². The molecule has 6 nitrogen and oxygen atoms in total. The second kappa shape index (κ2) is 7.17. The van der Waals surface area contributed by atoms with Gasteiger partial charge in [-0.05, 0) is 38.3 Å². The maximum absolute atomic E-state index is 12.5. The smallest absolute Gasteiger partial charge is 0.317 e. The Hall–Kier alpha value is -1.82. The molecule has 3 rings (SSSR count). The zero-order valence-electron chi connectivity index (χ0n) is 13.7. The molecule has 3 unspecified atom stereocenters. The van der Waals surface area contributed by atoms with Gasteiger partial charge >= 0.3 is 6.03 Å². The van der Waals surface area contributed by atoms with Crippen LogP contribution in [-0.2, 0) is 0 Å². The summed E-state index contributed by atoms with van der Waals surface area (Å²) in [6.07, 6.45) is 4.35. The van der Waals surface area contributed by atoms with E-state index in [1.165, 1.54) is 0 Å². The van der Waals surface area contributed by atoms with Crippen molar-refractivity contribution in [2.75, 3.05) is 31.1 Å². The highest BCUT2D eigenvalue weighted by Crippen LogP contribution is 2.21. The molecule has 0 radical (unpaired) electrons. The molecule has 1 aromatic heterocycles. The molecule has 126 valence electrons. The van der Waals surface area contributed by atoms with E-state index in [-0.39, 0.29) is 24.1 Å². The van der Waals surface area contributed by atoms with Gasteiger partial charge in [-0.2, -0.15) is 0 Å². The van der Waals surface area contributed by atoms with Crippen LogP contribution in [0, 0.1) is 5.92 Å². The average molecular weight is 318 g/mol. The molecule has 6 heteroatoms. The first-order valence-electron chi connectivity index (χ1n) is 8.53. The first-order valence-corrected chi connectivity index (χ1v) is 8.53. The molecule has 23 heavy (non-hydrogen) atoms. The van der Waals surface area contributed by atoms with E-state index in [4.69, 9.17) is 0 Å². The lowest BCUT2D eigenvalue weighted by Gasteiger charge is -2.34. The lowest BCUT2D eigenvalue weighted by atomic mass is 9.94. The van der Waals surface area contributed by atoms with Gasteiger partial charge in [0.25, 0.3) is 0 Å². The van der Waals surface area contributed by atoms with Crippen molar-refractivity contribution >= 4 is 11.8 Å². The Bertz CT molecular complexity index is 523. The van der Waals surface area contributed by atoms with Crippen LogP contribution < -0.4 is 10.2 Å². The van der Waals surface area contributed by atoms with Gasteiger partial charge < -0.3 is 20.2 Å². The number of amides is 2. The Kier molecular flexibility index (Phi) is 5.00. The van der Waals surface area contributed by atoms with Gasteiger partial charge in [-0.15, -0.1) is 0 Å². The topological polar surface area (TPSA) is 68.7 Å². The van der Waals surface area contributed by atoms with Crippen LogP contribution in [0.25, 0.3) is 0 Å². The number of pyridine rings is 1. The summed E-state index contributed by atoms with van der Waals surface area (Å²) in [5.74, 6) is 1.17. The highest BCUT2D eigenvalue weighted by atomic mass is 16.3. The molecule has 0 aromatic carbocycles. The number of nitrogens with zero attached hydrogens (tertiary/aromatic N) is 3. The van der Waals surface area contributed by atoms with Crippen LogP contribution in [0.2, 0.25) is 0 Å². The Labute approximate surface area is 137 Å². The molecule has 0 spiro atoms. The predicted octanol–water partition coefficient (Wildman–Crippen LogP) is 1.46. The largest absolute Gasteiger partial charge is 0.393 e. The van der Waals surface area contributed by atoms with Crippen LogP contribution in [0.4, 0.5) is 10.6 Å². The molecule has 2 N–H and O–H groups in total. The van der Waals surface area contributed by atoms with Gasteiger partial charge in [0.05, 0.1) is 6.10 Å². The Morgan fingerprint density at radius 2 is 2.22 bits per heavy atom. The summed E-state index contributed by atoms with van der Waals surface area (Å²) < 4.78 is 0. The first-order chi connectivity index (χ1) is 11.1. The van der Waals surface area contributed by atoms with Crippen LogP contribution in [-0.4, -0.2) is 59.3 Å². The van der Waals surface area contributed by atoms with E-state index in [1.807, 2.05) is 30.0 Å². The molecule has 0 saturated carbocycles. The Balaban J connectivity index is 1.51. The second-order valence-corrected chi connectivity index (χ2v) is 6.66. The molecular weight excluding hydrogens is 292 g/mol. The summed E-state index contributed by atoms with van der Waals surface area (Å²) in [4.78, 5) is 20.9. The number of carbonyl (C=O) groups excluding carboxylic acids is 1. The summed E-state index contributed by atoms with van der Waals surface area (Å²) >= 11 is 0. The number of urea groups is 1. The summed E-state index contributed by atoms with van der Waals surface area (Å²) in [7, 11) is 0. The lowest BCUT2D eigenvalue weighted by Crippen LogP contribution is -2.50. The van der Waals surface area contributed by atoms with Crippen LogP contribution in [0.3, 0.4) is 0 Å². The van der Waals surface area contributed by atoms with Crippen LogP contribution in [0.5, 0.6) is 0 Å². The zero-order chi connectivity index (χ0) is 16.2. The van der Waals surface area contributed by atoms with E-state index in [2.05, 4.69) is 15.2 Å². The third-order valence-corrected chi connectivity index (χ3v) is 4.92. The summed E-state index contributed by atoms with van der Waals surface area (Å²) in [6, 6.07) is 6.06. The number of rotatable bonds is 3. The minimum absolute atomic E-state index is 0.00298. The highest BCUT2D eigenvalue weighted by molar-refractivity contribution is 5.74. The molecule has 2 amide bonds. The number of carbonyl (C=O) groups is 1. The number of likely N-dealkylation sites (tertiary alicyclic amines) is 1. The minimum atomic E-state index is -0.350. The zero-order valence-corrected chi connectivity index (χ0v) is 13.7. The van der Waals surface area contributed by atoms with Gasteiger partial charge in [0.2, 0.25) is 0 Å². The number of anilines is 1. The molecule has 0 aliphatic carbocycles. The molecule has 3 atom stereocenters. The third-order valence-electron chi connectivity index (χ3n) is 4.92. The molecule has 2 fully saturated rings. The van der Waals surface area contributed by atoms with E-state index in [9.17, 15) is 9.90 Å². The molecule has 2 aliphatic rings. The van der Waals surface area contributed by atoms with E-state index in [0.29, 0.717) is 6.54 Å². The number of piperidine rings is 1. The number of hydrogen-bond acceptors (Lipinski definition) is 4. The first kappa shape index (κ1) is 16.1. The molecular formula is C17H26N4O2. The Morgan fingerprint density at radius 3 is 2.96 bits per heavy atom. The molecule has 3 heterocycles. The van der Waals surface area contributed by atoms with Crippen molar-refractivity contribution in [1.82, 2.24) is 15.2 Å². The standard InChI is InChI=1S/C17H26N4O2/c1-13(22)14-5-4-9-21(11-14)17(23)19-15-7-10-20(12-15)16-6-2-3-8-18-16/h2-3,6,8,13-15,22H,4-5,7,9-12H2,1H3,(H,19,23). The maximum Gasteiger partial charge on any atom is 0.317 e. The number of aliphatic hydroxyl groups excluding tert-OH is 1. The molecule has 0 bridgehead atoms. The normalized spacial score (nSPS) is 26.2.